The first-order valence-electron chi connectivity index (χ1n) is 5.73. The fourth-order valence-corrected chi connectivity index (χ4v) is 2.55. The van der Waals surface area contributed by atoms with E-state index in [-0.39, 0.29) is 12.0 Å². The van der Waals surface area contributed by atoms with E-state index in [4.69, 9.17) is 11.6 Å². The third kappa shape index (κ3) is 2.31. The minimum absolute atomic E-state index is 0.125. The van der Waals surface area contributed by atoms with Gasteiger partial charge in [0.05, 0.1) is 6.61 Å². The molecule has 0 radical (unpaired) electrons. The van der Waals surface area contributed by atoms with E-state index in [9.17, 15) is 5.11 Å². The molecule has 1 N–H and O–H groups in total. The number of rotatable bonds is 2. The Morgan fingerprint density at radius 3 is 2.56 bits per heavy atom. The maximum atomic E-state index is 9.41. The van der Waals surface area contributed by atoms with Crippen LogP contribution in [0.4, 0.5) is 0 Å². The first-order chi connectivity index (χ1) is 7.72. The topological polar surface area (TPSA) is 20.2 Å². The lowest BCUT2D eigenvalue weighted by molar-refractivity contribution is 0.320. The fourth-order valence-electron chi connectivity index (χ4n) is 2.28. The molecule has 0 saturated carbocycles. The van der Waals surface area contributed by atoms with E-state index < -0.39 is 0 Å². The Balaban J connectivity index is 2.37. The number of halogens is 1. The van der Waals surface area contributed by atoms with Crippen molar-refractivity contribution >= 4 is 17.2 Å². The van der Waals surface area contributed by atoms with Gasteiger partial charge in [-0.15, -0.1) is 11.6 Å². The van der Waals surface area contributed by atoms with Crippen LogP contribution in [0, 0.1) is 5.92 Å². The second-order valence-electron chi connectivity index (χ2n) is 4.51. The first kappa shape index (κ1) is 11.7. The summed E-state index contributed by atoms with van der Waals surface area (Å²) in [6, 6.07) is 10.3. The highest BCUT2D eigenvalue weighted by Gasteiger charge is 2.25. The third-order valence-corrected chi connectivity index (χ3v) is 3.91. The summed E-state index contributed by atoms with van der Waals surface area (Å²) < 4.78 is 0. The molecule has 2 heteroatoms. The van der Waals surface area contributed by atoms with E-state index in [1.54, 1.807) is 0 Å². The van der Waals surface area contributed by atoms with E-state index in [0.29, 0.717) is 5.92 Å². The van der Waals surface area contributed by atoms with Gasteiger partial charge in [-0.3, -0.25) is 0 Å². The summed E-state index contributed by atoms with van der Waals surface area (Å²) >= 11 is 6.25. The second kappa shape index (κ2) is 5.03. The van der Waals surface area contributed by atoms with Crippen molar-refractivity contribution in [1.82, 2.24) is 0 Å². The Bertz CT molecular complexity index is 383. The van der Waals surface area contributed by atoms with Gasteiger partial charge >= 0.3 is 0 Å². The van der Waals surface area contributed by atoms with Crippen LogP contribution in [0.5, 0.6) is 0 Å². The SMILES string of the molecule is C[C@@H]1CC(c2ccccc2)=C(CO)C[C@H]1Cl. The van der Waals surface area contributed by atoms with Crippen LogP contribution >= 0.6 is 11.6 Å². The van der Waals surface area contributed by atoms with Gasteiger partial charge in [-0.05, 0) is 35.5 Å². The van der Waals surface area contributed by atoms with E-state index in [0.717, 1.165) is 18.4 Å². The average molecular weight is 237 g/mol. The lowest BCUT2D eigenvalue weighted by Gasteiger charge is -2.28. The lowest BCUT2D eigenvalue weighted by Crippen LogP contribution is -2.20. The number of hydrogen-bond donors (Lipinski definition) is 1. The molecule has 0 unspecified atom stereocenters. The predicted molar refractivity (Wildman–Crippen MR) is 68.5 cm³/mol. The van der Waals surface area contributed by atoms with Gasteiger partial charge in [-0.1, -0.05) is 37.3 Å². The van der Waals surface area contributed by atoms with Crippen molar-refractivity contribution in [2.75, 3.05) is 6.61 Å². The number of benzene rings is 1. The van der Waals surface area contributed by atoms with Crippen molar-refractivity contribution in [1.29, 1.82) is 0 Å². The summed E-state index contributed by atoms with van der Waals surface area (Å²) in [5.41, 5.74) is 3.61. The quantitative estimate of drug-likeness (QED) is 0.780. The van der Waals surface area contributed by atoms with Crippen LogP contribution in [0.25, 0.3) is 5.57 Å². The number of allylic oxidation sites excluding steroid dienone is 1. The van der Waals surface area contributed by atoms with Crippen molar-refractivity contribution in [2.45, 2.75) is 25.1 Å². The third-order valence-electron chi connectivity index (χ3n) is 3.32. The maximum absolute atomic E-state index is 9.41. The van der Waals surface area contributed by atoms with Crippen molar-refractivity contribution in [3.63, 3.8) is 0 Å². The van der Waals surface area contributed by atoms with Gasteiger partial charge in [0.15, 0.2) is 0 Å². The van der Waals surface area contributed by atoms with Crippen molar-refractivity contribution in [2.24, 2.45) is 5.92 Å². The molecule has 0 fully saturated rings. The van der Waals surface area contributed by atoms with Crippen LogP contribution in [-0.4, -0.2) is 17.1 Å². The highest BCUT2D eigenvalue weighted by Crippen LogP contribution is 2.37. The second-order valence-corrected chi connectivity index (χ2v) is 5.07. The molecule has 1 nitrogen and oxygen atoms in total. The molecule has 1 aromatic rings. The molecular weight excluding hydrogens is 220 g/mol. The molecule has 1 aromatic carbocycles. The van der Waals surface area contributed by atoms with Crippen LogP contribution in [-0.2, 0) is 0 Å². The number of alkyl halides is 1. The highest BCUT2D eigenvalue weighted by atomic mass is 35.5. The largest absolute Gasteiger partial charge is 0.392 e. The molecule has 2 rings (SSSR count). The van der Waals surface area contributed by atoms with Gasteiger partial charge in [0, 0.05) is 5.38 Å². The predicted octanol–water partition coefficient (Wildman–Crippen LogP) is 3.47. The summed E-state index contributed by atoms with van der Waals surface area (Å²) in [4.78, 5) is 0. The Morgan fingerprint density at radius 1 is 1.25 bits per heavy atom. The summed E-state index contributed by atoms with van der Waals surface area (Å²) in [6.45, 7) is 2.30. The molecule has 2 atom stereocenters. The Kier molecular flexibility index (Phi) is 3.67. The fraction of sp³-hybridized carbons (Fsp3) is 0.429. The molecule has 0 aromatic heterocycles. The summed E-state index contributed by atoms with van der Waals surface area (Å²) in [7, 11) is 0. The van der Waals surface area contributed by atoms with E-state index >= 15 is 0 Å². The van der Waals surface area contributed by atoms with Crippen LogP contribution in [0.2, 0.25) is 0 Å². The van der Waals surface area contributed by atoms with Crippen LogP contribution in [0.15, 0.2) is 35.9 Å². The molecule has 0 bridgehead atoms. The zero-order chi connectivity index (χ0) is 11.5. The number of hydrogen-bond acceptors (Lipinski definition) is 1. The smallest absolute Gasteiger partial charge is 0.0648 e. The maximum Gasteiger partial charge on any atom is 0.0648 e. The van der Waals surface area contributed by atoms with Gasteiger partial charge in [-0.25, -0.2) is 0 Å². The van der Waals surface area contributed by atoms with Crippen LogP contribution < -0.4 is 0 Å². The highest BCUT2D eigenvalue weighted by molar-refractivity contribution is 6.21. The molecule has 1 aliphatic rings. The monoisotopic (exact) mass is 236 g/mol. The average Bonchev–Trinajstić information content (AvgIpc) is 2.33. The van der Waals surface area contributed by atoms with E-state index in [1.165, 1.54) is 11.1 Å². The molecule has 16 heavy (non-hydrogen) atoms. The van der Waals surface area contributed by atoms with Gasteiger partial charge in [-0.2, -0.15) is 0 Å². The molecule has 0 heterocycles. The summed E-state index contributed by atoms with van der Waals surface area (Å²) in [5.74, 6) is 0.479. The standard InChI is InChI=1S/C14H17ClO/c1-10-7-13(11-5-3-2-4-6-11)12(9-16)8-14(10)15/h2-6,10,14,16H,7-9H2,1H3/t10-,14-/m1/s1. The summed E-state index contributed by atoms with van der Waals surface area (Å²) in [6.07, 6.45) is 1.78. The molecule has 0 aliphatic heterocycles. The normalized spacial score (nSPS) is 25.9. The Labute approximate surface area is 102 Å². The molecule has 0 saturated heterocycles. The van der Waals surface area contributed by atoms with Crippen LogP contribution in [0.3, 0.4) is 0 Å². The van der Waals surface area contributed by atoms with Crippen molar-refractivity contribution < 1.29 is 5.11 Å². The summed E-state index contributed by atoms with van der Waals surface area (Å²) in [5, 5.41) is 9.57. The lowest BCUT2D eigenvalue weighted by atomic mass is 9.82. The van der Waals surface area contributed by atoms with Gasteiger partial charge in [0.1, 0.15) is 0 Å². The first-order valence-corrected chi connectivity index (χ1v) is 6.17. The van der Waals surface area contributed by atoms with Gasteiger partial charge < -0.3 is 5.11 Å². The van der Waals surface area contributed by atoms with Crippen LogP contribution in [0.1, 0.15) is 25.3 Å². The molecule has 86 valence electrons. The zero-order valence-corrected chi connectivity index (χ0v) is 10.2. The number of aliphatic hydroxyl groups excluding tert-OH is 1. The van der Waals surface area contributed by atoms with Crippen molar-refractivity contribution in [3.05, 3.63) is 41.5 Å². The minimum Gasteiger partial charge on any atom is -0.392 e. The molecule has 1 aliphatic carbocycles. The van der Waals surface area contributed by atoms with Crippen molar-refractivity contribution in [3.8, 4) is 0 Å². The van der Waals surface area contributed by atoms with Gasteiger partial charge in [0.25, 0.3) is 0 Å². The number of aliphatic hydroxyl groups is 1. The Hall–Kier alpha value is -0.790. The zero-order valence-electron chi connectivity index (χ0n) is 9.49. The minimum atomic E-state index is 0.125. The Morgan fingerprint density at radius 2 is 1.94 bits per heavy atom. The van der Waals surface area contributed by atoms with E-state index in [1.807, 2.05) is 18.2 Å². The molecular formula is C14H17ClO. The molecule has 0 spiro atoms. The van der Waals surface area contributed by atoms with E-state index in [2.05, 4.69) is 19.1 Å². The molecule has 0 amide bonds. The van der Waals surface area contributed by atoms with Gasteiger partial charge in [0.2, 0.25) is 0 Å².